The van der Waals surface area contributed by atoms with Crippen LogP contribution >= 0.6 is 0 Å². The Labute approximate surface area is 527 Å². The van der Waals surface area contributed by atoms with Gasteiger partial charge in [0.1, 0.15) is 59.7 Å². The Morgan fingerprint density at radius 2 is 1.02 bits per heavy atom. The molecule has 9 amide bonds. The van der Waals surface area contributed by atoms with Gasteiger partial charge >= 0.3 is 28.4 Å². The van der Waals surface area contributed by atoms with Crippen LogP contribution in [0.1, 0.15) is 128 Å². The van der Waals surface area contributed by atoms with Crippen LogP contribution in [0.2, 0.25) is 0 Å². The fraction of sp³-hybridized carbons (Fsp3) is 0.492. The van der Waals surface area contributed by atoms with Crippen LogP contribution in [-0.4, -0.2) is 154 Å². The number of nitrogens with two attached hydrogens (primary N) is 2. The number of H-pyrrole nitrogens is 1. The molecule has 91 heavy (non-hydrogen) atoms. The summed E-state index contributed by atoms with van der Waals surface area (Å²) in [5, 5.41) is 40.8. The first-order valence-corrected chi connectivity index (χ1v) is 31.3. The summed E-state index contributed by atoms with van der Waals surface area (Å²) >= 11 is 0. The second kappa shape index (κ2) is 36.5. The Morgan fingerprint density at radius 3 is 1.54 bits per heavy atom. The van der Waals surface area contributed by atoms with Gasteiger partial charge in [-0.25, -0.2) is 9.59 Å². The van der Waals surface area contributed by atoms with Crippen molar-refractivity contribution < 1.29 is 84.8 Å². The zero-order valence-corrected chi connectivity index (χ0v) is 52.4. The van der Waals surface area contributed by atoms with E-state index in [1.165, 1.54) is 12.1 Å². The first-order chi connectivity index (χ1) is 43.0. The third-order valence-electron chi connectivity index (χ3n) is 14.1. The molecule has 4 aromatic rings. The van der Waals surface area contributed by atoms with Gasteiger partial charge in [0.05, 0.1) is 6.42 Å². The fourth-order valence-corrected chi connectivity index (χ4v) is 9.79. The number of fused-ring (bicyclic) bond motifs is 1. The third-order valence-corrected chi connectivity index (χ3v) is 14.5. The molecule has 0 aliphatic rings. The number of nitrogens with one attached hydrogen (secondary N) is 9. The Kier molecular flexibility index (Phi) is 29.8. The van der Waals surface area contributed by atoms with Crippen LogP contribution < -0.4 is 58.2 Å². The van der Waals surface area contributed by atoms with Gasteiger partial charge in [0, 0.05) is 42.8 Å². The molecule has 3 aromatic carbocycles. The predicted molar refractivity (Wildman–Crippen MR) is 331 cm³/mol. The molecule has 498 valence electrons. The largest absolute Gasteiger partial charge is 0.481 e. The van der Waals surface area contributed by atoms with Gasteiger partial charge in [0.25, 0.3) is 0 Å². The lowest BCUT2D eigenvalue weighted by Crippen LogP contribution is -2.60. The number of aromatic nitrogens is 1. The number of carboxylic acids is 2. The highest BCUT2D eigenvalue weighted by Crippen LogP contribution is 2.21. The third kappa shape index (κ3) is 26.8. The number of unbranched alkanes of at least 4 members (excludes halogenated alkanes) is 3. The van der Waals surface area contributed by atoms with E-state index in [4.69, 9.17) is 16.2 Å². The Bertz CT molecular complexity index is 3250. The number of rotatable bonds is 39. The number of alkyl carbamates (subject to hydrolysis) is 1. The van der Waals surface area contributed by atoms with Crippen LogP contribution in [0.4, 0.5) is 4.79 Å². The van der Waals surface area contributed by atoms with Gasteiger partial charge in [-0.05, 0) is 101 Å². The second-order valence-corrected chi connectivity index (χ2v) is 23.8. The van der Waals surface area contributed by atoms with Crippen LogP contribution in [0, 0.1) is 0 Å². The van der Waals surface area contributed by atoms with Crippen molar-refractivity contribution in [1.29, 1.82) is 0 Å². The van der Waals surface area contributed by atoms with E-state index in [0.717, 1.165) is 12.1 Å². The van der Waals surface area contributed by atoms with Crippen LogP contribution in [0.15, 0.2) is 85.1 Å². The number of carbonyl (C=O) groups is 11. The highest BCUT2D eigenvalue weighted by atomic mass is 32.3. The van der Waals surface area contributed by atoms with Crippen molar-refractivity contribution in [3.05, 3.63) is 102 Å². The highest BCUT2D eigenvalue weighted by Gasteiger charge is 2.36. The average Bonchev–Trinajstić information content (AvgIpc) is 2.11. The fourth-order valence-electron chi connectivity index (χ4n) is 9.43. The maximum atomic E-state index is 14.8. The number of amides is 9. The lowest BCUT2D eigenvalue weighted by molar-refractivity contribution is -0.141. The highest BCUT2D eigenvalue weighted by molar-refractivity contribution is 7.81. The minimum atomic E-state index is -4.92. The number of aliphatic carboxylic acids is 2. The van der Waals surface area contributed by atoms with Gasteiger partial charge in [-0.1, -0.05) is 100 Å². The number of carbonyl (C=O) groups excluding carboxylic acids is 9. The molecule has 0 fully saturated rings. The second-order valence-electron chi connectivity index (χ2n) is 22.7. The normalized spacial score (nSPS) is 14.1. The molecule has 4 rings (SSSR count). The SMILES string of the molecule is CCCC[C@H](NC(=O)[C@H](Cc1ccc(OS(=O)(=O)O)cc1)NC(=O)CC[C@@H](NC(=O)OC(C)(C)C)C(=O)O)C(=O)N[C@@H](CCCCN)C(=O)N[C@@H](Cc1c[nH]c2ccccc12)C(=O)N[C@@H](CCCC)C(=O)N[C@@H](CC(=O)O)C(=O)N[C@@H](Cc1ccccc1)C(N)=O. The first kappa shape index (κ1) is 74.3. The van der Waals surface area contributed by atoms with Crippen LogP contribution in [0.3, 0.4) is 0 Å². The van der Waals surface area contributed by atoms with E-state index in [1.807, 2.05) is 13.8 Å². The lowest BCUT2D eigenvalue weighted by atomic mass is 10.0. The first-order valence-electron chi connectivity index (χ1n) is 29.9. The molecule has 8 atom stereocenters. The Morgan fingerprint density at radius 1 is 0.549 bits per heavy atom. The van der Waals surface area contributed by atoms with Crippen LogP contribution in [-0.2, 0) is 82.3 Å². The monoisotopic (exact) mass is 1290 g/mol. The number of hydrogen-bond acceptors (Lipinski definition) is 16. The van der Waals surface area contributed by atoms with Crippen molar-refractivity contribution in [3.63, 3.8) is 0 Å². The molecule has 16 N–H and O–H groups in total. The number of carboxylic acid groups (broad SMARTS) is 2. The molecule has 0 spiro atoms. The molecule has 1 aromatic heterocycles. The maximum Gasteiger partial charge on any atom is 0.446 e. The summed E-state index contributed by atoms with van der Waals surface area (Å²) in [6.07, 6.45) is 0.373. The lowest BCUT2D eigenvalue weighted by Gasteiger charge is -2.28. The summed E-state index contributed by atoms with van der Waals surface area (Å²) in [5.41, 5.74) is 12.7. The van der Waals surface area contributed by atoms with Crippen molar-refractivity contribution in [2.45, 2.75) is 185 Å². The van der Waals surface area contributed by atoms with Crippen molar-refractivity contribution >= 4 is 86.6 Å². The van der Waals surface area contributed by atoms with E-state index in [9.17, 15) is 75.9 Å². The molecule has 0 unspecified atom stereocenters. The maximum absolute atomic E-state index is 14.8. The number of hydrogen-bond donors (Lipinski definition) is 14. The van der Waals surface area contributed by atoms with Crippen molar-refractivity contribution in [2.24, 2.45) is 11.5 Å². The van der Waals surface area contributed by atoms with E-state index in [2.05, 4.69) is 51.7 Å². The molecule has 0 bridgehead atoms. The minimum absolute atomic E-state index is 0.00856. The van der Waals surface area contributed by atoms with Crippen molar-refractivity contribution in [1.82, 2.24) is 47.5 Å². The molecular weight excluding hydrogens is 1210 g/mol. The van der Waals surface area contributed by atoms with E-state index in [1.54, 1.807) is 81.6 Å². The number of aromatic amines is 1. The number of para-hydroxylation sites is 1. The molecule has 29 nitrogen and oxygen atoms in total. The standard InChI is InChI=1S/C61H85N11O18S/c1-6-8-20-42(67-56(80)47(32-37-24-26-39(27-25-37)90-91(86,87)88)65-50(73)29-28-45(59(83)84)72-60(85)89-61(3,4)5)53(77)66-44(23-15-16-30-62)55(79)70-48(33-38-35-64-41-22-14-13-19-40(38)41)57(81)68-43(21-9-7-2)54(78)71-49(34-51(74)75)58(82)69-46(52(63)76)31-36-17-11-10-12-18-36/h10-14,17-19,22,24-27,35,42-49,64H,6-9,15-16,20-21,23,28-34,62H2,1-5H3,(H2,63,76)(H,65,73)(H,66,77)(H,67,80)(H,68,81)(H,69,82)(H,70,79)(H,71,78)(H,72,85)(H,74,75)(H,83,84)(H,86,87,88)/t42-,43-,44-,45+,46-,47-,48-,49-/m0/s1. The molecule has 0 aliphatic carbocycles. The van der Waals surface area contributed by atoms with Gasteiger partial charge in [0.15, 0.2) is 0 Å². The summed E-state index contributed by atoms with van der Waals surface area (Å²) < 4.78 is 41.6. The molecule has 0 aliphatic heterocycles. The summed E-state index contributed by atoms with van der Waals surface area (Å²) in [5.74, 6) is -10.6. The van der Waals surface area contributed by atoms with Crippen molar-refractivity contribution in [2.75, 3.05) is 6.54 Å². The van der Waals surface area contributed by atoms with Gasteiger partial charge < -0.3 is 78.1 Å². The quantitative estimate of drug-likeness (QED) is 0.0224. The smallest absolute Gasteiger partial charge is 0.446 e. The summed E-state index contributed by atoms with van der Waals surface area (Å²) in [6, 6.07) is 8.72. The Balaban J connectivity index is 1.65. The molecular formula is C61H85N11O18S. The van der Waals surface area contributed by atoms with Gasteiger partial charge in [0.2, 0.25) is 47.3 Å². The number of benzene rings is 3. The predicted octanol–water partition coefficient (Wildman–Crippen LogP) is 2.00. The Hall–Kier alpha value is -9.16. The van der Waals surface area contributed by atoms with Crippen molar-refractivity contribution in [3.8, 4) is 5.75 Å². The molecule has 0 saturated heterocycles. The summed E-state index contributed by atoms with van der Waals surface area (Å²) in [7, 11) is -4.92. The molecule has 0 radical (unpaired) electrons. The zero-order valence-electron chi connectivity index (χ0n) is 51.5. The number of ether oxygens (including phenoxy) is 1. The molecule has 0 saturated carbocycles. The van der Waals surface area contributed by atoms with E-state index in [0.29, 0.717) is 59.7 Å². The number of primary amides is 1. The molecule has 30 heteroatoms. The van der Waals surface area contributed by atoms with E-state index in [-0.39, 0.29) is 57.2 Å². The average molecular weight is 1290 g/mol. The van der Waals surface area contributed by atoms with Gasteiger partial charge in [-0.2, -0.15) is 8.42 Å². The van der Waals surface area contributed by atoms with Crippen LogP contribution in [0.5, 0.6) is 5.75 Å². The summed E-state index contributed by atoms with van der Waals surface area (Å²) in [4.78, 5) is 153. The minimum Gasteiger partial charge on any atom is -0.481 e. The van der Waals surface area contributed by atoms with Gasteiger partial charge in [-0.15, -0.1) is 0 Å². The zero-order chi connectivity index (χ0) is 67.4. The topological polar surface area (TPSA) is 465 Å². The summed E-state index contributed by atoms with van der Waals surface area (Å²) in [6.45, 7) is 8.51. The van der Waals surface area contributed by atoms with Gasteiger partial charge in [-0.3, -0.25) is 47.7 Å². The van der Waals surface area contributed by atoms with Crippen LogP contribution in [0.25, 0.3) is 10.9 Å². The molecule has 1 heterocycles. The van der Waals surface area contributed by atoms with E-state index < -0.39 is 149 Å². The van der Waals surface area contributed by atoms with E-state index >= 15 is 0 Å².